The average Bonchev–Trinajstić information content (AvgIpc) is 2.37. The highest BCUT2D eigenvalue weighted by molar-refractivity contribution is 7.87. The lowest BCUT2D eigenvalue weighted by atomic mass is 9.95. The van der Waals surface area contributed by atoms with E-state index in [0.29, 0.717) is 25.6 Å². The Bertz CT molecular complexity index is 350. The number of nitrogens with zero attached hydrogens (tertiary/aromatic N) is 1. The molecule has 1 rings (SSSR count). The number of rotatable bonds is 6. The Balaban J connectivity index is 0.00000324. The molecular formula is C12H28ClN3O2S. The lowest BCUT2D eigenvalue weighted by Gasteiger charge is -2.32. The third kappa shape index (κ3) is 5.55. The number of hydrogen-bond acceptors (Lipinski definition) is 3. The minimum Gasteiger partial charge on any atom is -0.324 e. The van der Waals surface area contributed by atoms with Crippen LogP contribution in [-0.4, -0.2) is 37.9 Å². The molecule has 0 aromatic rings. The summed E-state index contributed by atoms with van der Waals surface area (Å²) in [7, 11) is -3.36. The van der Waals surface area contributed by atoms with E-state index in [0.717, 1.165) is 25.7 Å². The van der Waals surface area contributed by atoms with E-state index >= 15 is 0 Å². The molecule has 0 bridgehead atoms. The van der Waals surface area contributed by atoms with E-state index < -0.39 is 15.7 Å². The Labute approximate surface area is 123 Å². The summed E-state index contributed by atoms with van der Waals surface area (Å²) < 4.78 is 28.5. The van der Waals surface area contributed by atoms with Crippen molar-refractivity contribution in [1.82, 2.24) is 9.03 Å². The van der Waals surface area contributed by atoms with Gasteiger partial charge in [-0.1, -0.05) is 20.8 Å². The second kappa shape index (κ2) is 7.78. The highest BCUT2D eigenvalue weighted by Gasteiger charge is 2.29. The average molecular weight is 314 g/mol. The molecule has 0 aromatic heterocycles. The second-order valence-electron chi connectivity index (χ2n) is 5.48. The van der Waals surface area contributed by atoms with Gasteiger partial charge in [-0.15, -0.1) is 12.4 Å². The maximum atomic E-state index is 12.1. The van der Waals surface area contributed by atoms with Gasteiger partial charge in [-0.3, -0.25) is 0 Å². The van der Waals surface area contributed by atoms with Crippen LogP contribution in [0.1, 0.15) is 46.5 Å². The van der Waals surface area contributed by atoms with E-state index in [1.165, 1.54) is 0 Å². The van der Waals surface area contributed by atoms with E-state index in [9.17, 15) is 8.42 Å². The summed E-state index contributed by atoms with van der Waals surface area (Å²) in [5.41, 5.74) is 5.68. The van der Waals surface area contributed by atoms with Gasteiger partial charge in [0.1, 0.15) is 0 Å². The van der Waals surface area contributed by atoms with E-state index in [1.807, 2.05) is 13.8 Å². The summed E-state index contributed by atoms with van der Waals surface area (Å²) >= 11 is 0. The summed E-state index contributed by atoms with van der Waals surface area (Å²) in [5, 5.41) is 0. The molecule has 5 nitrogen and oxygen atoms in total. The number of hydrogen-bond donors (Lipinski definition) is 2. The fourth-order valence-electron chi connectivity index (χ4n) is 2.05. The monoisotopic (exact) mass is 313 g/mol. The van der Waals surface area contributed by atoms with Gasteiger partial charge in [0.2, 0.25) is 0 Å². The first kappa shape index (κ1) is 19.1. The van der Waals surface area contributed by atoms with Crippen LogP contribution in [0.4, 0.5) is 0 Å². The van der Waals surface area contributed by atoms with Gasteiger partial charge in [0.15, 0.2) is 0 Å². The quantitative estimate of drug-likeness (QED) is 0.780. The van der Waals surface area contributed by atoms with Gasteiger partial charge in [-0.2, -0.15) is 12.7 Å². The molecule has 0 spiro atoms. The Morgan fingerprint density at radius 2 is 1.74 bits per heavy atom. The zero-order valence-electron chi connectivity index (χ0n) is 12.2. The smallest absolute Gasteiger partial charge is 0.279 e. The molecule has 0 aliphatic carbocycles. The van der Waals surface area contributed by atoms with Crippen molar-refractivity contribution in [2.24, 2.45) is 11.7 Å². The summed E-state index contributed by atoms with van der Waals surface area (Å²) in [6, 6.07) is 0. The zero-order chi connectivity index (χ0) is 13.8. The molecule has 7 heteroatoms. The molecule has 0 saturated carbocycles. The molecule has 0 aromatic carbocycles. The Morgan fingerprint density at radius 3 is 2.16 bits per heavy atom. The van der Waals surface area contributed by atoms with Crippen LogP contribution < -0.4 is 10.5 Å². The predicted octanol–water partition coefficient (Wildman–Crippen LogP) is 1.49. The van der Waals surface area contributed by atoms with Crippen LogP contribution in [0.15, 0.2) is 0 Å². The van der Waals surface area contributed by atoms with Crippen LogP contribution in [0.5, 0.6) is 0 Å². The number of nitrogens with one attached hydrogen (secondary N) is 1. The third-order valence-electron chi connectivity index (χ3n) is 4.10. The lowest BCUT2D eigenvalue weighted by molar-refractivity contribution is 0.282. The van der Waals surface area contributed by atoms with Crippen molar-refractivity contribution in [2.45, 2.75) is 52.0 Å². The molecule has 1 aliphatic heterocycles. The van der Waals surface area contributed by atoms with Gasteiger partial charge in [0.25, 0.3) is 10.2 Å². The fourth-order valence-corrected chi connectivity index (χ4v) is 3.40. The largest absolute Gasteiger partial charge is 0.324 e. The maximum absolute atomic E-state index is 12.1. The van der Waals surface area contributed by atoms with Crippen molar-refractivity contribution in [2.75, 3.05) is 19.6 Å². The Hall–Kier alpha value is 0.120. The summed E-state index contributed by atoms with van der Waals surface area (Å²) in [6.07, 6.45) is 3.42. The first-order valence-corrected chi connectivity index (χ1v) is 8.30. The molecule has 1 saturated heterocycles. The van der Waals surface area contributed by atoms with Crippen molar-refractivity contribution >= 4 is 22.6 Å². The minimum absolute atomic E-state index is 0. The molecule has 1 heterocycles. The van der Waals surface area contributed by atoms with Gasteiger partial charge in [-0.05, 0) is 31.6 Å². The minimum atomic E-state index is -3.36. The van der Waals surface area contributed by atoms with Crippen molar-refractivity contribution < 1.29 is 8.42 Å². The normalized spacial score (nSPS) is 19.2. The predicted molar refractivity (Wildman–Crippen MR) is 81.6 cm³/mol. The van der Waals surface area contributed by atoms with Gasteiger partial charge in [0.05, 0.1) is 0 Å². The molecular weight excluding hydrogens is 286 g/mol. The van der Waals surface area contributed by atoms with Gasteiger partial charge in [-0.25, -0.2) is 4.72 Å². The van der Waals surface area contributed by atoms with E-state index in [2.05, 4.69) is 11.6 Å². The van der Waals surface area contributed by atoms with Crippen molar-refractivity contribution in [3.05, 3.63) is 0 Å². The Morgan fingerprint density at radius 1 is 1.26 bits per heavy atom. The summed E-state index contributed by atoms with van der Waals surface area (Å²) in [4.78, 5) is 0. The lowest BCUT2D eigenvalue weighted by Crippen LogP contribution is -2.53. The van der Waals surface area contributed by atoms with Crippen LogP contribution in [0.3, 0.4) is 0 Å². The molecule has 19 heavy (non-hydrogen) atoms. The van der Waals surface area contributed by atoms with Crippen LogP contribution >= 0.6 is 12.4 Å². The molecule has 116 valence electrons. The first-order chi connectivity index (χ1) is 8.33. The van der Waals surface area contributed by atoms with Gasteiger partial charge < -0.3 is 5.73 Å². The van der Waals surface area contributed by atoms with Crippen molar-refractivity contribution in [3.8, 4) is 0 Å². The molecule has 0 amide bonds. The van der Waals surface area contributed by atoms with Gasteiger partial charge >= 0.3 is 0 Å². The maximum Gasteiger partial charge on any atom is 0.279 e. The standard InChI is InChI=1S/C12H27N3O2S.ClH/c1-4-12(13,5-2)10-14-18(16,17)15-8-6-11(3)7-9-15;/h11,14H,4-10,13H2,1-3H3;1H. The third-order valence-corrected chi connectivity index (χ3v) is 5.65. The van der Waals surface area contributed by atoms with Crippen LogP contribution in [0, 0.1) is 5.92 Å². The van der Waals surface area contributed by atoms with Crippen molar-refractivity contribution in [1.29, 1.82) is 0 Å². The molecule has 1 fully saturated rings. The van der Waals surface area contributed by atoms with Crippen molar-refractivity contribution in [3.63, 3.8) is 0 Å². The topological polar surface area (TPSA) is 75.4 Å². The van der Waals surface area contributed by atoms with Crippen LogP contribution in [0.2, 0.25) is 0 Å². The highest BCUT2D eigenvalue weighted by Crippen LogP contribution is 2.18. The second-order valence-corrected chi connectivity index (χ2v) is 7.23. The molecule has 3 N–H and O–H groups in total. The molecule has 1 aliphatic rings. The molecule has 0 unspecified atom stereocenters. The van der Waals surface area contributed by atoms with Gasteiger partial charge in [0, 0.05) is 25.2 Å². The zero-order valence-corrected chi connectivity index (χ0v) is 13.8. The highest BCUT2D eigenvalue weighted by atomic mass is 35.5. The SMILES string of the molecule is CCC(N)(CC)CNS(=O)(=O)N1CCC(C)CC1.Cl. The van der Waals surface area contributed by atoms with Crippen LogP contribution in [-0.2, 0) is 10.2 Å². The molecule has 0 atom stereocenters. The van der Waals surface area contributed by atoms with Crippen LogP contribution in [0.25, 0.3) is 0 Å². The fraction of sp³-hybridized carbons (Fsp3) is 1.00. The summed E-state index contributed by atoms with van der Waals surface area (Å²) in [6.45, 7) is 7.68. The van der Waals surface area contributed by atoms with E-state index in [-0.39, 0.29) is 12.4 Å². The number of halogens is 1. The number of nitrogens with two attached hydrogens (primary N) is 1. The Kier molecular flexibility index (Phi) is 7.83. The van der Waals surface area contributed by atoms with E-state index in [4.69, 9.17) is 5.73 Å². The first-order valence-electron chi connectivity index (χ1n) is 6.86. The summed E-state index contributed by atoms with van der Waals surface area (Å²) in [5.74, 6) is 0.622. The molecule has 0 radical (unpaired) electrons. The van der Waals surface area contributed by atoms with E-state index in [1.54, 1.807) is 4.31 Å². The number of piperidine rings is 1.